The number of amides is 1. The molecule has 2 rings (SSSR count). The summed E-state index contributed by atoms with van der Waals surface area (Å²) >= 11 is 1.38. The van der Waals surface area contributed by atoms with Crippen molar-refractivity contribution < 1.29 is 4.79 Å². The Balaban J connectivity index is 1.86. The Morgan fingerprint density at radius 2 is 2.20 bits per heavy atom. The zero-order chi connectivity index (χ0) is 14.7. The summed E-state index contributed by atoms with van der Waals surface area (Å²) < 4.78 is 1.99. The molecule has 2 heterocycles. The highest BCUT2D eigenvalue weighted by molar-refractivity contribution is 7.11. The summed E-state index contributed by atoms with van der Waals surface area (Å²) in [5.41, 5.74) is 4.67. The van der Waals surface area contributed by atoms with Crippen molar-refractivity contribution in [2.45, 2.75) is 34.2 Å². The molecule has 2 aromatic heterocycles. The van der Waals surface area contributed by atoms with Crippen molar-refractivity contribution >= 4 is 17.2 Å². The fourth-order valence-electron chi connectivity index (χ4n) is 2.09. The molecular weight excluding hydrogens is 272 g/mol. The monoisotopic (exact) mass is 292 g/mol. The number of nitrogens with one attached hydrogen (secondary N) is 1. The molecule has 0 saturated heterocycles. The molecule has 1 N–H and O–H groups in total. The minimum absolute atomic E-state index is 0.0368. The molecule has 108 valence electrons. The number of hydrogen-bond acceptors (Lipinski definition) is 4. The molecule has 0 aliphatic rings. The maximum absolute atomic E-state index is 12.0. The van der Waals surface area contributed by atoms with Crippen LogP contribution in [-0.2, 0) is 6.54 Å². The van der Waals surface area contributed by atoms with E-state index in [2.05, 4.69) is 28.4 Å². The van der Waals surface area contributed by atoms with Crippen LogP contribution in [0.5, 0.6) is 0 Å². The van der Waals surface area contributed by atoms with Gasteiger partial charge in [-0.05, 0) is 32.8 Å². The normalized spacial score (nSPS) is 12.4. The van der Waals surface area contributed by atoms with Crippen LogP contribution in [0.2, 0.25) is 0 Å². The minimum atomic E-state index is -0.0368. The molecule has 0 radical (unpaired) electrons. The summed E-state index contributed by atoms with van der Waals surface area (Å²) in [6.07, 6.45) is 0. The lowest BCUT2D eigenvalue weighted by Gasteiger charge is -2.13. The van der Waals surface area contributed by atoms with Crippen molar-refractivity contribution in [1.29, 1.82) is 0 Å². The van der Waals surface area contributed by atoms with Crippen LogP contribution in [0, 0.1) is 26.7 Å². The molecule has 5 nitrogen and oxygen atoms in total. The second kappa shape index (κ2) is 6.17. The highest BCUT2D eigenvalue weighted by Crippen LogP contribution is 2.12. The van der Waals surface area contributed by atoms with Gasteiger partial charge in [0, 0.05) is 18.8 Å². The van der Waals surface area contributed by atoms with E-state index in [1.807, 2.05) is 25.5 Å². The number of aromatic nitrogens is 3. The standard InChI is InChI=1S/C14H20N4OS/c1-9(7-18-11(3)5-10(2)17-18)6-15-14(19)13-12(4)16-8-20-13/h5,8-9H,6-7H2,1-4H3,(H,15,19). The summed E-state index contributed by atoms with van der Waals surface area (Å²) in [6, 6.07) is 2.06. The zero-order valence-electron chi connectivity index (χ0n) is 12.3. The van der Waals surface area contributed by atoms with Gasteiger partial charge in [0.25, 0.3) is 5.91 Å². The molecule has 1 amide bonds. The average molecular weight is 292 g/mol. The van der Waals surface area contributed by atoms with Crippen LogP contribution >= 0.6 is 11.3 Å². The number of rotatable bonds is 5. The Bertz CT molecular complexity index is 602. The number of aryl methyl sites for hydroxylation is 3. The molecule has 1 unspecified atom stereocenters. The Labute approximate surface area is 123 Å². The van der Waals surface area contributed by atoms with E-state index in [1.54, 1.807) is 5.51 Å². The third-order valence-corrected chi connectivity index (χ3v) is 4.08. The first-order chi connectivity index (χ1) is 9.47. The van der Waals surface area contributed by atoms with Crippen molar-refractivity contribution in [3.8, 4) is 0 Å². The lowest BCUT2D eigenvalue weighted by Crippen LogP contribution is -2.30. The summed E-state index contributed by atoms with van der Waals surface area (Å²) in [5, 5.41) is 7.40. The smallest absolute Gasteiger partial charge is 0.263 e. The molecule has 0 fully saturated rings. The molecule has 0 saturated carbocycles. The minimum Gasteiger partial charge on any atom is -0.351 e. The molecule has 0 aliphatic carbocycles. The molecule has 20 heavy (non-hydrogen) atoms. The van der Waals surface area contributed by atoms with Crippen molar-refractivity contribution in [3.63, 3.8) is 0 Å². The summed E-state index contributed by atoms with van der Waals surface area (Å²) in [6.45, 7) is 9.44. The highest BCUT2D eigenvalue weighted by atomic mass is 32.1. The van der Waals surface area contributed by atoms with Crippen molar-refractivity contribution in [1.82, 2.24) is 20.1 Å². The van der Waals surface area contributed by atoms with Crippen molar-refractivity contribution in [2.24, 2.45) is 5.92 Å². The molecule has 6 heteroatoms. The maximum Gasteiger partial charge on any atom is 0.263 e. The van der Waals surface area contributed by atoms with E-state index < -0.39 is 0 Å². The van der Waals surface area contributed by atoms with Gasteiger partial charge in [-0.25, -0.2) is 4.98 Å². The third kappa shape index (κ3) is 3.45. The van der Waals surface area contributed by atoms with Crippen LogP contribution in [0.1, 0.15) is 33.7 Å². The molecule has 0 spiro atoms. The van der Waals surface area contributed by atoms with E-state index >= 15 is 0 Å². The van der Waals surface area contributed by atoms with Gasteiger partial charge < -0.3 is 5.32 Å². The van der Waals surface area contributed by atoms with Crippen molar-refractivity contribution in [2.75, 3.05) is 6.54 Å². The Morgan fingerprint density at radius 1 is 1.45 bits per heavy atom. The van der Waals surface area contributed by atoms with Crippen LogP contribution in [-0.4, -0.2) is 27.2 Å². The van der Waals surface area contributed by atoms with Gasteiger partial charge in [0.1, 0.15) is 4.88 Å². The Morgan fingerprint density at radius 3 is 2.75 bits per heavy atom. The average Bonchev–Trinajstić information content (AvgIpc) is 2.93. The SMILES string of the molecule is Cc1cc(C)n(CC(C)CNC(=O)c2scnc2C)n1. The lowest BCUT2D eigenvalue weighted by molar-refractivity contribution is 0.0950. The topological polar surface area (TPSA) is 59.8 Å². The third-order valence-electron chi connectivity index (χ3n) is 3.15. The van der Waals surface area contributed by atoms with Crippen molar-refractivity contribution in [3.05, 3.63) is 33.5 Å². The first kappa shape index (κ1) is 14.7. The molecule has 1 atom stereocenters. The summed E-state index contributed by atoms with van der Waals surface area (Å²) in [7, 11) is 0. The summed E-state index contributed by atoms with van der Waals surface area (Å²) in [4.78, 5) is 16.8. The molecular formula is C14H20N4OS. The predicted molar refractivity (Wildman–Crippen MR) is 80.0 cm³/mol. The molecule has 0 bridgehead atoms. The predicted octanol–water partition coefficient (Wildman–Crippen LogP) is 2.33. The van der Waals surface area contributed by atoms with E-state index in [0.29, 0.717) is 17.3 Å². The van der Waals surface area contributed by atoms with Crippen LogP contribution in [0.3, 0.4) is 0 Å². The first-order valence-electron chi connectivity index (χ1n) is 6.66. The number of nitrogens with zero attached hydrogens (tertiary/aromatic N) is 3. The molecule has 2 aromatic rings. The van der Waals surface area contributed by atoms with Crippen LogP contribution in [0.4, 0.5) is 0 Å². The molecule has 0 aromatic carbocycles. The van der Waals surface area contributed by atoms with Gasteiger partial charge in [0.2, 0.25) is 0 Å². The molecule has 0 aliphatic heterocycles. The quantitative estimate of drug-likeness (QED) is 0.920. The van der Waals surface area contributed by atoms with Gasteiger partial charge in [-0.3, -0.25) is 9.48 Å². The van der Waals surface area contributed by atoms with E-state index in [0.717, 1.165) is 23.6 Å². The van der Waals surface area contributed by atoms with E-state index in [9.17, 15) is 4.79 Å². The van der Waals surface area contributed by atoms with E-state index in [1.165, 1.54) is 11.3 Å². The number of carbonyl (C=O) groups excluding carboxylic acids is 1. The number of hydrogen-bond donors (Lipinski definition) is 1. The second-order valence-corrected chi connectivity index (χ2v) is 6.05. The van der Waals surface area contributed by atoms with Gasteiger partial charge in [0.05, 0.1) is 16.9 Å². The van der Waals surface area contributed by atoms with Gasteiger partial charge in [-0.2, -0.15) is 5.10 Å². The zero-order valence-corrected chi connectivity index (χ0v) is 13.1. The van der Waals surface area contributed by atoms with Gasteiger partial charge in [0.15, 0.2) is 0 Å². The van der Waals surface area contributed by atoms with Crippen LogP contribution in [0.15, 0.2) is 11.6 Å². The van der Waals surface area contributed by atoms with E-state index in [-0.39, 0.29) is 5.91 Å². The number of carbonyl (C=O) groups is 1. The van der Waals surface area contributed by atoms with Crippen LogP contribution in [0.25, 0.3) is 0 Å². The lowest BCUT2D eigenvalue weighted by atomic mass is 10.2. The maximum atomic E-state index is 12.0. The highest BCUT2D eigenvalue weighted by Gasteiger charge is 2.13. The summed E-state index contributed by atoms with van der Waals surface area (Å²) in [5.74, 6) is 0.287. The fraction of sp³-hybridized carbons (Fsp3) is 0.500. The second-order valence-electron chi connectivity index (χ2n) is 5.19. The van der Waals surface area contributed by atoms with Gasteiger partial charge in [-0.1, -0.05) is 6.92 Å². The first-order valence-corrected chi connectivity index (χ1v) is 7.54. The van der Waals surface area contributed by atoms with Gasteiger partial charge in [-0.15, -0.1) is 11.3 Å². The Kier molecular flexibility index (Phi) is 4.54. The largest absolute Gasteiger partial charge is 0.351 e. The Hall–Kier alpha value is -1.69. The van der Waals surface area contributed by atoms with Crippen LogP contribution < -0.4 is 5.32 Å². The van der Waals surface area contributed by atoms with E-state index in [4.69, 9.17) is 0 Å². The number of thiazole rings is 1. The fourth-order valence-corrected chi connectivity index (χ4v) is 2.81. The van der Waals surface area contributed by atoms with Gasteiger partial charge >= 0.3 is 0 Å².